The van der Waals surface area contributed by atoms with E-state index in [0.29, 0.717) is 34.6 Å². The van der Waals surface area contributed by atoms with Crippen LogP contribution in [0.1, 0.15) is 16.7 Å². The molecule has 0 aliphatic rings. The van der Waals surface area contributed by atoms with E-state index in [1.54, 1.807) is 24.4 Å². The average Bonchev–Trinajstić information content (AvgIpc) is 3.06. The van der Waals surface area contributed by atoms with Crippen LogP contribution in [0.2, 0.25) is 0 Å². The number of hydrogen-bond acceptors (Lipinski definition) is 4. The number of aromatic nitrogens is 4. The predicted molar refractivity (Wildman–Crippen MR) is 91.0 cm³/mol. The number of pyridine rings is 3. The van der Waals surface area contributed by atoms with Gasteiger partial charge in [-0.15, -0.1) is 0 Å². The highest BCUT2D eigenvalue weighted by Gasteiger charge is 2.12. The molecule has 4 aromatic rings. The van der Waals surface area contributed by atoms with Crippen molar-refractivity contribution in [3.05, 3.63) is 77.4 Å². The summed E-state index contributed by atoms with van der Waals surface area (Å²) in [6, 6.07) is 9.74. The molecular formula is C19H11F2N5. The maximum Gasteiger partial charge on any atom is 0.217 e. The molecule has 0 saturated heterocycles. The SMILES string of the molecule is N#Cc1cnc2[nH]cc(Cc3ccc(-c4ccc(F)cn4)nc3F)c2c1. The number of fused-ring (bicyclic) bond motifs is 1. The lowest BCUT2D eigenvalue weighted by Gasteiger charge is -2.05. The van der Waals surface area contributed by atoms with Crippen LogP contribution in [-0.4, -0.2) is 19.9 Å². The average molecular weight is 347 g/mol. The zero-order chi connectivity index (χ0) is 18.1. The number of rotatable bonds is 3. The van der Waals surface area contributed by atoms with Gasteiger partial charge >= 0.3 is 0 Å². The number of nitrogens with zero attached hydrogens (tertiary/aromatic N) is 4. The summed E-state index contributed by atoms with van der Waals surface area (Å²) in [6.45, 7) is 0. The van der Waals surface area contributed by atoms with Crippen LogP contribution >= 0.6 is 0 Å². The molecule has 4 rings (SSSR count). The number of nitriles is 1. The number of halogens is 2. The minimum Gasteiger partial charge on any atom is -0.346 e. The fraction of sp³-hybridized carbons (Fsp3) is 0.0526. The number of aromatic amines is 1. The van der Waals surface area contributed by atoms with E-state index in [1.165, 1.54) is 18.3 Å². The van der Waals surface area contributed by atoms with Crippen molar-refractivity contribution >= 4 is 11.0 Å². The topological polar surface area (TPSA) is 78.2 Å². The normalized spacial score (nSPS) is 10.8. The molecule has 0 aromatic carbocycles. The first kappa shape index (κ1) is 15.8. The van der Waals surface area contributed by atoms with Crippen LogP contribution in [0.5, 0.6) is 0 Å². The Balaban J connectivity index is 1.67. The van der Waals surface area contributed by atoms with E-state index in [-0.39, 0.29) is 0 Å². The number of H-pyrrole nitrogens is 1. The molecule has 4 heterocycles. The van der Waals surface area contributed by atoms with Gasteiger partial charge in [0.15, 0.2) is 0 Å². The van der Waals surface area contributed by atoms with E-state index in [4.69, 9.17) is 5.26 Å². The molecule has 0 fully saturated rings. The number of nitrogens with one attached hydrogen (secondary N) is 1. The number of hydrogen-bond donors (Lipinski definition) is 1. The van der Waals surface area contributed by atoms with Crippen molar-refractivity contribution in [2.75, 3.05) is 0 Å². The molecular weight excluding hydrogens is 336 g/mol. The molecule has 0 spiro atoms. The lowest BCUT2D eigenvalue weighted by atomic mass is 10.0. The van der Waals surface area contributed by atoms with Crippen molar-refractivity contribution in [1.82, 2.24) is 19.9 Å². The van der Waals surface area contributed by atoms with Crippen LogP contribution in [0.25, 0.3) is 22.4 Å². The minimum absolute atomic E-state index is 0.298. The van der Waals surface area contributed by atoms with Crippen molar-refractivity contribution < 1.29 is 8.78 Å². The minimum atomic E-state index is -0.618. The molecule has 0 bridgehead atoms. The molecule has 0 radical (unpaired) electrons. The summed E-state index contributed by atoms with van der Waals surface area (Å²) in [4.78, 5) is 15.0. The van der Waals surface area contributed by atoms with Gasteiger partial charge in [-0.3, -0.25) is 4.98 Å². The first-order chi connectivity index (χ1) is 12.6. The zero-order valence-corrected chi connectivity index (χ0v) is 13.4. The van der Waals surface area contributed by atoms with Gasteiger partial charge in [-0.25, -0.2) is 14.4 Å². The quantitative estimate of drug-likeness (QED) is 0.572. The van der Waals surface area contributed by atoms with Crippen LogP contribution in [0.15, 0.2) is 48.9 Å². The third-order valence-corrected chi connectivity index (χ3v) is 4.04. The largest absolute Gasteiger partial charge is 0.346 e. The van der Waals surface area contributed by atoms with Crippen LogP contribution in [0, 0.1) is 23.1 Å². The van der Waals surface area contributed by atoms with Crippen LogP contribution < -0.4 is 0 Å². The van der Waals surface area contributed by atoms with Crippen LogP contribution in [0.3, 0.4) is 0 Å². The Kier molecular flexibility index (Phi) is 3.86. The molecule has 126 valence electrons. The Labute approximate surface area is 147 Å². The Morgan fingerprint density at radius 1 is 1.00 bits per heavy atom. The van der Waals surface area contributed by atoms with Gasteiger partial charge in [-0.1, -0.05) is 6.07 Å². The van der Waals surface area contributed by atoms with Crippen LogP contribution in [-0.2, 0) is 6.42 Å². The summed E-state index contributed by atoms with van der Waals surface area (Å²) < 4.78 is 27.4. The first-order valence-electron chi connectivity index (χ1n) is 7.77. The molecule has 0 aliphatic carbocycles. The van der Waals surface area contributed by atoms with Crippen molar-refractivity contribution in [2.45, 2.75) is 6.42 Å². The molecule has 5 nitrogen and oxygen atoms in total. The smallest absolute Gasteiger partial charge is 0.217 e. The summed E-state index contributed by atoms with van der Waals surface area (Å²) in [6.07, 6.45) is 4.59. The van der Waals surface area contributed by atoms with Gasteiger partial charge in [0.1, 0.15) is 17.5 Å². The maximum absolute atomic E-state index is 14.5. The highest BCUT2D eigenvalue weighted by Crippen LogP contribution is 2.23. The second-order valence-electron chi connectivity index (χ2n) is 5.73. The third kappa shape index (κ3) is 2.89. The van der Waals surface area contributed by atoms with Gasteiger partial charge in [0.05, 0.1) is 23.1 Å². The highest BCUT2D eigenvalue weighted by atomic mass is 19.1. The predicted octanol–water partition coefficient (Wildman–Crippen LogP) is 3.76. The summed E-state index contributed by atoms with van der Waals surface area (Å²) in [5.74, 6) is -1.08. The first-order valence-corrected chi connectivity index (χ1v) is 7.77. The standard InChI is InChI=1S/C19H11F2N5/c20-14-2-4-16(23-10-14)17-3-1-12(18(21)26-17)6-13-9-25-19-15(13)5-11(7-22)8-24-19/h1-5,8-10H,6H2,(H,24,25). The van der Waals surface area contributed by atoms with Gasteiger partial charge in [-0.05, 0) is 29.8 Å². The van der Waals surface area contributed by atoms with E-state index in [1.807, 2.05) is 6.07 Å². The summed E-state index contributed by atoms with van der Waals surface area (Å²) in [7, 11) is 0. The molecule has 0 aliphatic heterocycles. The molecule has 4 aromatic heterocycles. The Morgan fingerprint density at radius 3 is 2.58 bits per heavy atom. The van der Waals surface area contributed by atoms with E-state index in [9.17, 15) is 8.78 Å². The van der Waals surface area contributed by atoms with Crippen molar-refractivity contribution in [2.24, 2.45) is 0 Å². The monoisotopic (exact) mass is 347 g/mol. The fourth-order valence-corrected chi connectivity index (χ4v) is 2.74. The molecule has 0 unspecified atom stereocenters. The van der Waals surface area contributed by atoms with E-state index in [2.05, 4.69) is 19.9 Å². The molecule has 7 heteroatoms. The van der Waals surface area contributed by atoms with Crippen molar-refractivity contribution in [3.63, 3.8) is 0 Å². The second kappa shape index (κ2) is 6.33. The molecule has 0 atom stereocenters. The zero-order valence-electron chi connectivity index (χ0n) is 13.4. The Bertz CT molecular complexity index is 1140. The van der Waals surface area contributed by atoms with Gasteiger partial charge in [0, 0.05) is 29.8 Å². The fourth-order valence-electron chi connectivity index (χ4n) is 2.74. The molecule has 0 amide bonds. The van der Waals surface area contributed by atoms with E-state index in [0.717, 1.165) is 17.1 Å². The lowest BCUT2D eigenvalue weighted by molar-refractivity contribution is 0.571. The van der Waals surface area contributed by atoms with E-state index >= 15 is 0 Å². The van der Waals surface area contributed by atoms with Crippen molar-refractivity contribution in [3.8, 4) is 17.5 Å². The highest BCUT2D eigenvalue weighted by molar-refractivity contribution is 5.81. The van der Waals surface area contributed by atoms with Gasteiger partial charge in [0.25, 0.3) is 0 Å². The lowest BCUT2D eigenvalue weighted by Crippen LogP contribution is -1.98. The summed E-state index contributed by atoms with van der Waals surface area (Å²) >= 11 is 0. The van der Waals surface area contributed by atoms with Gasteiger partial charge < -0.3 is 4.98 Å². The maximum atomic E-state index is 14.5. The van der Waals surface area contributed by atoms with Crippen molar-refractivity contribution in [1.29, 1.82) is 5.26 Å². The van der Waals surface area contributed by atoms with Gasteiger partial charge in [0.2, 0.25) is 5.95 Å². The molecule has 1 N–H and O–H groups in total. The molecule has 0 saturated carbocycles. The Hall–Kier alpha value is -3.66. The Morgan fingerprint density at radius 2 is 1.85 bits per heavy atom. The summed E-state index contributed by atoms with van der Waals surface area (Å²) in [5.41, 5.74) is 3.02. The van der Waals surface area contributed by atoms with Crippen LogP contribution in [0.4, 0.5) is 8.78 Å². The van der Waals surface area contributed by atoms with E-state index < -0.39 is 11.8 Å². The summed E-state index contributed by atoms with van der Waals surface area (Å²) in [5, 5.41) is 9.79. The van der Waals surface area contributed by atoms with Gasteiger partial charge in [-0.2, -0.15) is 9.65 Å². The third-order valence-electron chi connectivity index (χ3n) is 4.04. The second-order valence-corrected chi connectivity index (χ2v) is 5.73. The molecule has 26 heavy (non-hydrogen) atoms.